The van der Waals surface area contributed by atoms with Crippen LogP contribution in [-0.2, 0) is 43.3 Å². The van der Waals surface area contributed by atoms with E-state index in [4.69, 9.17) is 4.42 Å². The summed E-state index contributed by atoms with van der Waals surface area (Å²) < 4.78 is 5.20. The van der Waals surface area contributed by atoms with Crippen molar-refractivity contribution in [2.24, 2.45) is 0 Å². The Morgan fingerprint density at radius 2 is 0.859 bits per heavy atom. The predicted octanol–water partition coefficient (Wildman–Crippen LogP) is 22.1. The Morgan fingerprint density at radius 1 is 0.341 bits per heavy atom. The molecule has 466 valence electrons. The Kier molecular flexibility index (Phi) is 30.0. The zero-order chi connectivity index (χ0) is 65.6. The lowest BCUT2D eigenvalue weighted by Gasteiger charge is -2.28. The molecule has 7 heterocycles. The second-order valence-corrected chi connectivity index (χ2v) is 31.3. The van der Waals surface area contributed by atoms with Gasteiger partial charge in [0.15, 0.2) is 0 Å². The number of nitrogens with zero attached hydrogens (tertiary/aromatic N) is 6. The molecule has 1 aromatic carbocycles. The van der Waals surface area contributed by atoms with Crippen LogP contribution in [0, 0.1) is 48.5 Å². The van der Waals surface area contributed by atoms with Gasteiger partial charge in [0.25, 0.3) is 0 Å². The van der Waals surface area contributed by atoms with Crippen LogP contribution in [0.15, 0.2) is 145 Å². The van der Waals surface area contributed by atoms with Crippen LogP contribution in [-0.4, -0.2) is 29.9 Å². The molecular formula is C77H116N6OS. The third-order valence-electron chi connectivity index (χ3n) is 14.3. The minimum Gasteiger partial charge on any atom is -0.469 e. The molecule has 0 radical (unpaired) electrons. The summed E-state index contributed by atoms with van der Waals surface area (Å²) in [6.07, 6.45) is 18.1. The first-order valence-electron chi connectivity index (χ1n) is 30.3. The normalized spacial score (nSPS) is 11.7. The van der Waals surface area contributed by atoms with E-state index in [1.165, 1.54) is 60.5 Å². The lowest BCUT2D eigenvalue weighted by molar-refractivity contribution is 0.409. The molecule has 0 unspecified atom stereocenters. The van der Waals surface area contributed by atoms with E-state index in [9.17, 15) is 0 Å². The van der Waals surface area contributed by atoms with E-state index >= 15 is 0 Å². The molecule has 0 amide bonds. The summed E-state index contributed by atoms with van der Waals surface area (Å²) in [6.45, 7) is 68.0. The third kappa shape index (κ3) is 28.8. The summed E-state index contributed by atoms with van der Waals surface area (Å²) in [6, 6.07) is 24.6. The maximum Gasteiger partial charge on any atom is 0.109 e. The van der Waals surface area contributed by atoms with Crippen LogP contribution in [0.4, 0.5) is 0 Å². The maximum absolute atomic E-state index is 5.20. The highest BCUT2D eigenvalue weighted by Crippen LogP contribution is 2.35. The molecule has 8 aromatic rings. The highest BCUT2D eigenvalue weighted by atomic mass is 32.1. The fourth-order valence-electron chi connectivity index (χ4n) is 8.24. The van der Waals surface area contributed by atoms with Gasteiger partial charge in [-0.1, -0.05) is 190 Å². The lowest BCUT2D eigenvalue weighted by atomic mass is 9.77. The summed E-state index contributed by atoms with van der Waals surface area (Å²) in [5, 5.41) is 2.13. The molecule has 0 spiro atoms. The number of rotatable bonds is 0. The van der Waals surface area contributed by atoms with Crippen LogP contribution >= 0.6 is 11.3 Å². The van der Waals surface area contributed by atoms with Gasteiger partial charge in [0.1, 0.15) is 5.76 Å². The minimum atomic E-state index is 0.119. The van der Waals surface area contributed by atoms with Crippen molar-refractivity contribution in [1.82, 2.24) is 29.9 Å². The Bertz CT molecular complexity index is 2800. The number of thiophene rings is 1. The van der Waals surface area contributed by atoms with Gasteiger partial charge in [0.05, 0.1) is 12.0 Å². The zero-order valence-electron chi connectivity index (χ0n) is 59.3. The number of furan rings is 1. The molecule has 8 heteroatoms. The van der Waals surface area contributed by atoms with E-state index in [0.29, 0.717) is 5.41 Å². The smallest absolute Gasteiger partial charge is 0.109 e. The van der Waals surface area contributed by atoms with Crippen molar-refractivity contribution in [2.75, 3.05) is 0 Å². The maximum atomic E-state index is 5.20. The average Bonchev–Trinajstić information content (AvgIpc) is 3.83. The zero-order valence-corrected chi connectivity index (χ0v) is 60.1. The van der Waals surface area contributed by atoms with Crippen molar-refractivity contribution >= 4 is 11.3 Å². The van der Waals surface area contributed by atoms with Gasteiger partial charge in [-0.05, 0) is 185 Å². The fourth-order valence-corrected chi connectivity index (χ4v) is 9.05. The van der Waals surface area contributed by atoms with E-state index in [2.05, 4.69) is 285 Å². The monoisotopic (exact) mass is 1170 g/mol. The van der Waals surface area contributed by atoms with Crippen molar-refractivity contribution in [3.05, 3.63) is 224 Å². The van der Waals surface area contributed by atoms with Gasteiger partial charge in [-0.3, -0.25) is 29.9 Å². The Labute approximate surface area is 524 Å². The van der Waals surface area contributed by atoms with Crippen LogP contribution in [0.25, 0.3) is 0 Å². The molecule has 0 fully saturated rings. The van der Waals surface area contributed by atoms with Crippen LogP contribution in [0.5, 0.6) is 0 Å². The van der Waals surface area contributed by atoms with Crippen LogP contribution in [0.1, 0.15) is 250 Å². The summed E-state index contributed by atoms with van der Waals surface area (Å²) in [7, 11) is 0. The molecule has 0 saturated carbocycles. The first-order valence-corrected chi connectivity index (χ1v) is 31.2. The number of hydrogen-bond donors (Lipinski definition) is 0. The number of hydrogen-bond acceptors (Lipinski definition) is 8. The highest BCUT2D eigenvalue weighted by Gasteiger charge is 2.23. The molecular weight excluding hydrogens is 1060 g/mol. The quantitative estimate of drug-likeness (QED) is 0.149. The number of aromatic nitrogens is 6. The molecule has 85 heavy (non-hydrogen) atoms. The van der Waals surface area contributed by atoms with E-state index < -0.39 is 0 Å². The highest BCUT2D eigenvalue weighted by molar-refractivity contribution is 7.10. The average molecular weight is 1170 g/mol. The Morgan fingerprint density at radius 3 is 1.15 bits per heavy atom. The van der Waals surface area contributed by atoms with Crippen LogP contribution in [0.2, 0.25) is 0 Å². The molecule has 0 aliphatic heterocycles. The van der Waals surface area contributed by atoms with Gasteiger partial charge in [-0.2, -0.15) is 0 Å². The van der Waals surface area contributed by atoms with Crippen molar-refractivity contribution < 1.29 is 4.42 Å². The van der Waals surface area contributed by atoms with Crippen LogP contribution in [0.3, 0.4) is 0 Å². The van der Waals surface area contributed by atoms with Crippen molar-refractivity contribution in [2.45, 2.75) is 258 Å². The first-order chi connectivity index (χ1) is 38.7. The summed E-state index contributed by atoms with van der Waals surface area (Å²) >= 11 is 1.83. The second kappa shape index (κ2) is 33.1. The third-order valence-corrected chi connectivity index (χ3v) is 15.6. The summed E-state index contributed by atoms with van der Waals surface area (Å²) in [5.41, 5.74) is 19.1. The van der Waals surface area contributed by atoms with Crippen molar-refractivity contribution in [3.63, 3.8) is 0 Å². The first kappa shape index (κ1) is 76.9. The molecule has 7 aromatic heterocycles. The van der Waals surface area contributed by atoms with Crippen LogP contribution < -0.4 is 0 Å². The lowest BCUT2D eigenvalue weighted by Crippen LogP contribution is -2.17. The van der Waals surface area contributed by atoms with Gasteiger partial charge >= 0.3 is 0 Å². The van der Waals surface area contributed by atoms with Gasteiger partial charge in [0.2, 0.25) is 0 Å². The van der Waals surface area contributed by atoms with Gasteiger partial charge in [-0.15, -0.1) is 11.3 Å². The molecule has 8 rings (SSSR count). The van der Waals surface area contributed by atoms with Gasteiger partial charge < -0.3 is 4.42 Å². The molecule has 7 nitrogen and oxygen atoms in total. The SMILES string of the molecule is CC(C)(C)c1ccccn1.CC(C)(C)c1cccnc1.CC(C)(C)c1ccco1.CC(C)(C)c1cccs1.CC(C)(C)c1ccncc1.CC(C)(C)c1cnccn1.Cc1c(C)c(C)c(C(C)(C)C)c(C)c1C.Cc1cc(C(C)(C)C)cnc1C. The van der Waals surface area contributed by atoms with Crippen molar-refractivity contribution in [3.8, 4) is 0 Å². The predicted molar refractivity (Wildman–Crippen MR) is 371 cm³/mol. The number of aryl methyl sites for hydroxylation is 2. The molecule has 0 atom stereocenters. The van der Waals surface area contributed by atoms with Gasteiger partial charge in [0, 0.05) is 88.3 Å². The minimum absolute atomic E-state index is 0.119. The van der Waals surface area contributed by atoms with E-state index in [1.807, 2.05) is 79.6 Å². The number of benzene rings is 1. The topological polar surface area (TPSA) is 90.5 Å². The Hall–Kier alpha value is -6.12. The standard InChI is InChI=1S/C15H24.C11H17N.3C9H13N.C8H12N2.C8H12O.C8H12S/c1-9-10(2)12(4)14(15(6,7)8)13(5)11(9)3;1-8-6-10(11(3,4)5)7-12-9(8)2;1-9(2,3)8-4-6-10-7-5-8;1-9(2,3)8-5-4-6-10-7-8;1-9(2,3)8-6-4-5-7-10-8;1-8(2,3)7-6-9-4-5-10-7;2*1-8(2,3)7-5-4-6-9-7/h1-8H3;6-7H,1-5H3;3*4-7H,1-3H3;4-6H,1-3H3;2*4-6H,1-3H3. The van der Waals surface area contributed by atoms with E-state index in [-0.39, 0.29) is 37.9 Å². The van der Waals surface area contributed by atoms with Crippen molar-refractivity contribution in [1.29, 1.82) is 0 Å². The van der Waals surface area contributed by atoms with E-state index in [1.54, 1.807) is 31.1 Å². The van der Waals surface area contributed by atoms with E-state index in [0.717, 1.165) is 22.8 Å². The second-order valence-electron chi connectivity index (χ2n) is 30.4. The fraction of sp³-hybridized carbons (Fsp3) is 0.506. The summed E-state index contributed by atoms with van der Waals surface area (Å²) in [4.78, 5) is 26.2. The summed E-state index contributed by atoms with van der Waals surface area (Å²) in [5.74, 6) is 1.04. The largest absolute Gasteiger partial charge is 0.469 e. The Balaban J connectivity index is 0.000000488. The van der Waals surface area contributed by atoms with Gasteiger partial charge in [-0.25, -0.2) is 0 Å². The molecule has 0 aliphatic carbocycles. The molecule has 0 saturated heterocycles. The molecule has 0 N–H and O–H groups in total. The number of pyridine rings is 4. The molecule has 0 aliphatic rings. The molecule has 0 bridgehead atoms.